The lowest BCUT2D eigenvalue weighted by atomic mass is 9.97. The average molecular weight is 254 g/mol. The Bertz CT molecular complexity index is 380. The van der Waals surface area contributed by atoms with Gasteiger partial charge in [-0.3, -0.25) is 4.90 Å². The molecule has 0 bridgehead atoms. The van der Waals surface area contributed by atoms with E-state index in [0.29, 0.717) is 11.7 Å². The maximum atomic E-state index is 6.11. The fourth-order valence-electron chi connectivity index (χ4n) is 1.83. The van der Waals surface area contributed by atoms with Gasteiger partial charge in [0.25, 0.3) is 0 Å². The second-order valence-corrected chi connectivity index (χ2v) is 5.73. The van der Waals surface area contributed by atoms with Gasteiger partial charge in [-0.2, -0.15) is 4.98 Å². The maximum absolute atomic E-state index is 6.11. The van der Waals surface area contributed by atoms with Crippen LogP contribution in [0.15, 0.2) is 4.52 Å². The molecule has 1 unspecified atom stereocenters. The summed E-state index contributed by atoms with van der Waals surface area (Å²) in [5.41, 5.74) is 5.98. The van der Waals surface area contributed by atoms with E-state index in [9.17, 15) is 0 Å². The lowest BCUT2D eigenvalue weighted by Crippen LogP contribution is -2.40. The van der Waals surface area contributed by atoms with Crippen LogP contribution < -0.4 is 5.73 Å². The van der Waals surface area contributed by atoms with Crippen LogP contribution in [0, 0.1) is 0 Å². The lowest BCUT2D eigenvalue weighted by Gasteiger charge is -2.27. The van der Waals surface area contributed by atoms with Crippen molar-refractivity contribution in [3.8, 4) is 0 Å². The molecule has 0 spiro atoms. The van der Waals surface area contributed by atoms with Gasteiger partial charge in [-0.05, 0) is 0 Å². The Morgan fingerprint density at radius 3 is 2.56 bits per heavy atom. The van der Waals surface area contributed by atoms with E-state index in [0.717, 1.165) is 32.8 Å². The summed E-state index contributed by atoms with van der Waals surface area (Å²) >= 11 is 0. The van der Waals surface area contributed by atoms with Gasteiger partial charge in [0.2, 0.25) is 5.89 Å². The first-order valence-electron chi connectivity index (χ1n) is 6.36. The average Bonchev–Trinajstić information content (AvgIpc) is 2.79. The summed E-state index contributed by atoms with van der Waals surface area (Å²) in [4.78, 5) is 6.65. The zero-order valence-electron chi connectivity index (χ0n) is 11.3. The normalized spacial score (nSPS) is 20.0. The predicted octanol–water partition coefficient (Wildman–Crippen LogP) is 0.699. The van der Waals surface area contributed by atoms with Crippen LogP contribution in [0.4, 0.5) is 0 Å². The molecule has 102 valence electrons. The van der Waals surface area contributed by atoms with E-state index in [-0.39, 0.29) is 11.5 Å². The fourth-order valence-corrected chi connectivity index (χ4v) is 1.83. The molecule has 0 amide bonds. The zero-order chi connectivity index (χ0) is 13.2. The van der Waals surface area contributed by atoms with Crippen LogP contribution in [0.1, 0.15) is 38.5 Å². The van der Waals surface area contributed by atoms with Crippen LogP contribution in [0.5, 0.6) is 0 Å². The molecular formula is C12H22N4O2. The van der Waals surface area contributed by atoms with Crippen LogP contribution >= 0.6 is 0 Å². The van der Waals surface area contributed by atoms with Crippen molar-refractivity contribution in [2.45, 2.75) is 32.2 Å². The summed E-state index contributed by atoms with van der Waals surface area (Å²) in [5, 5.41) is 3.98. The Kier molecular flexibility index (Phi) is 3.99. The molecule has 2 rings (SSSR count). The van der Waals surface area contributed by atoms with E-state index in [1.165, 1.54) is 0 Å². The molecule has 0 aliphatic carbocycles. The molecule has 18 heavy (non-hydrogen) atoms. The number of hydrogen-bond acceptors (Lipinski definition) is 6. The fraction of sp³-hybridized carbons (Fsp3) is 0.833. The lowest BCUT2D eigenvalue weighted by molar-refractivity contribution is 0.0348. The second-order valence-electron chi connectivity index (χ2n) is 5.73. The van der Waals surface area contributed by atoms with Gasteiger partial charge in [-0.25, -0.2) is 0 Å². The van der Waals surface area contributed by atoms with Crippen molar-refractivity contribution in [3.05, 3.63) is 11.7 Å². The van der Waals surface area contributed by atoms with E-state index in [4.69, 9.17) is 15.0 Å². The van der Waals surface area contributed by atoms with E-state index in [1.807, 2.05) is 20.8 Å². The summed E-state index contributed by atoms with van der Waals surface area (Å²) in [6, 6.07) is -0.206. The zero-order valence-corrected chi connectivity index (χ0v) is 11.3. The first kappa shape index (κ1) is 13.5. The van der Waals surface area contributed by atoms with Gasteiger partial charge >= 0.3 is 0 Å². The minimum absolute atomic E-state index is 0.135. The van der Waals surface area contributed by atoms with Crippen molar-refractivity contribution in [2.75, 3.05) is 32.8 Å². The van der Waals surface area contributed by atoms with Gasteiger partial charge in [0.1, 0.15) is 0 Å². The first-order chi connectivity index (χ1) is 8.47. The largest absolute Gasteiger partial charge is 0.379 e. The summed E-state index contributed by atoms with van der Waals surface area (Å²) in [5.74, 6) is 1.22. The summed E-state index contributed by atoms with van der Waals surface area (Å²) in [7, 11) is 0. The van der Waals surface area contributed by atoms with Crippen molar-refractivity contribution < 1.29 is 9.26 Å². The first-order valence-corrected chi connectivity index (χ1v) is 6.36. The smallest absolute Gasteiger partial charge is 0.232 e. The van der Waals surface area contributed by atoms with E-state index < -0.39 is 0 Å². The molecule has 1 fully saturated rings. The predicted molar refractivity (Wildman–Crippen MR) is 67.2 cm³/mol. The summed E-state index contributed by atoms with van der Waals surface area (Å²) in [6.07, 6.45) is 0. The molecule has 1 aliphatic rings. The summed E-state index contributed by atoms with van der Waals surface area (Å²) < 4.78 is 10.6. The molecule has 1 aromatic rings. The minimum atomic E-state index is -0.206. The van der Waals surface area contributed by atoms with Crippen molar-refractivity contribution in [1.29, 1.82) is 0 Å². The molecule has 6 heteroatoms. The topological polar surface area (TPSA) is 77.4 Å². The summed E-state index contributed by atoms with van der Waals surface area (Å²) in [6.45, 7) is 10.2. The van der Waals surface area contributed by atoms with Crippen LogP contribution in [-0.2, 0) is 10.2 Å². The monoisotopic (exact) mass is 254 g/mol. The highest BCUT2D eigenvalue weighted by Gasteiger charge is 2.25. The molecule has 1 aliphatic heterocycles. The molecular weight excluding hydrogens is 232 g/mol. The third kappa shape index (κ3) is 3.28. The number of aromatic nitrogens is 2. The number of rotatable bonds is 3. The third-order valence-corrected chi connectivity index (χ3v) is 2.97. The Balaban J connectivity index is 1.96. The van der Waals surface area contributed by atoms with E-state index in [2.05, 4.69) is 15.0 Å². The molecule has 0 saturated carbocycles. The van der Waals surface area contributed by atoms with Crippen LogP contribution in [0.3, 0.4) is 0 Å². The van der Waals surface area contributed by atoms with E-state index >= 15 is 0 Å². The van der Waals surface area contributed by atoms with Crippen molar-refractivity contribution in [1.82, 2.24) is 15.0 Å². The molecule has 0 radical (unpaired) electrons. The minimum Gasteiger partial charge on any atom is -0.379 e. The van der Waals surface area contributed by atoms with Gasteiger partial charge in [0.15, 0.2) is 5.82 Å². The Labute approximate surface area is 107 Å². The highest BCUT2D eigenvalue weighted by atomic mass is 16.5. The number of nitrogens with zero attached hydrogens (tertiary/aromatic N) is 3. The van der Waals surface area contributed by atoms with Crippen molar-refractivity contribution in [3.63, 3.8) is 0 Å². The van der Waals surface area contributed by atoms with Gasteiger partial charge in [-0.1, -0.05) is 25.9 Å². The van der Waals surface area contributed by atoms with Gasteiger partial charge < -0.3 is 15.0 Å². The van der Waals surface area contributed by atoms with E-state index in [1.54, 1.807) is 0 Å². The van der Waals surface area contributed by atoms with Gasteiger partial charge in [-0.15, -0.1) is 0 Å². The highest BCUT2D eigenvalue weighted by molar-refractivity contribution is 5.01. The molecule has 1 aromatic heterocycles. The molecule has 1 saturated heterocycles. The SMILES string of the molecule is CC(C)(C)c1nc(C(N)CN2CCOCC2)no1. The molecule has 1 atom stereocenters. The Morgan fingerprint density at radius 2 is 2.00 bits per heavy atom. The molecule has 6 nitrogen and oxygen atoms in total. The van der Waals surface area contributed by atoms with Gasteiger partial charge in [0, 0.05) is 25.0 Å². The van der Waals surface area contributed by atoms with Crippen molar-refractivity contribution in [2.24, 2.45) is 5.73 Å². The third-order valence-electron chi connectivity index (χ3n) is 2.97. The number of ether oxygens (including phenoxy) is 1. The standard InChI is InChI=1S/C12H22N4O2/c1-12(2,3)11-14-10(15-18-11)9(13)8-16-4-6-17-7-5-16/h9H,4-8,13H2,1-3H3. The Hall–Kier alpha value is -0.980. The van der Waals surface area contributed by atoms with Crippen LogP contribution in [0.2, 0.25) is 0 Å². The Morgan fingerprint density at radius 1 is 1.33 bits per heavy atom. The van der Waals surface area contributed by atoms with Crippen molar-refractivity contribution >= 4 is 0 Å². The number of hydrogen-bond donors (Lipinski definition) is 1. The molecule has 2 heterocycles. The van der Waals surface area contributed by atoms with Gasteiger partial charge in [0.05, 0.1) is 19.3 Å². The maximum Gasteiger partial charge on any atom is 0.232 e. The second kappa shape index (κ2) is 5.34. The quantitative estimate of drug-likeness (QED) is 0.855. The number of nitrogens with two attached hydrogens (primary N) is 1. The van der Waals surface area contributed by atoms with Crippen LogP contribution in [-0.4, -0.2) is 47.9 Å². The molecule has 0 aromatic carbocycles. The number of morpholine rings is 1. The van der Waals surface area contributed by atoms with Crippen LogP contribution in [0.25, 0.3) is 0 Å². The highest BCUT2D eigenvalue weighted by Crippen LogP contribution is 2.21. The molecule has 2 N–H and O–H groups in total.